The van der Waals surface area contributed by atoms with Gasteiger partial charge in [0.05, 0.1) is 0 Å². The molecular formula is C13H20N2. The molecule has 0 saturated heterocycles. The minimum atomic E-state index is 1.07. The maximum absolute atomic E-state index is 4.44. The Balaban J connectivity index is 2.76. The molecule has 0 aliphatic heterocycles. The van der Waals surface area contributed by atoms with Gasteiger partial charge in [0.2, 0.25) is 0 Å². The molecule has 0 radical (unpaired) electrons. The van der Waals surface area contributed by atoms with Gasteiger partial charge in [0.25, 0.3) is 0 Å². The lowest BCUT2D eigenvalue weighted by atomic mass is 10.2. The number of nitrogens with zero attached hydrogens (tertiary/aromatic N) is 2. The average molecular weight is 204 g/mol. The Bertz CT molecular complexity index is 284. The van der Waals surface area contributed by atoms with Gasteiger partial charge in [-0.1, -0.05) is 26.5 Å². The summed E-state index contributed by atoms with van der Waals surface area (Å²) in [5, 5.41) is 0. The molecule has 2 heteroatoms. The largest absolute Gasteiger partial charge is 0.357 e. The van der Waals surface area contributed by atoms with Crippen LogP contribution in [0.5, 0.6) is 0 Å². The van der Waals surface area contributed by atoms with Gasteiger partial charge in [-0.25, -0.2) is 4.98 Å². The fraction of sp³-hybridized carbons (Fsp3) is 0.462. The van der Waals surface area contributed by atoms with Crippen LogP contribution in [0.4, 0.5) is 5.82 Å². The second-order valence-electron chi connectivity index (χ2n) is 3.64. The van der Waals surface area contributed by atoms with Crippen molar-refractivity contribution in [2.24, 2.45) is 0 Å². The first-order chi connectivity index (χ1) is 7.31. The molecule has 0 unspecified atom stereocenters. The number of pyridine rings is 1. The van der Waals surface area contributed by atoms with E-state index in [1.54, 1.807) is 0 Å². The number of hydrogen-bond donors (Lipinski definition) is 0. The van der Waals surface area contributed by atoms with E-state index in [4.69, 9.17) is 0 Å². The highest BCUT2D eigenvalue weighted by Gasteiger charge is 2.04. The minimum Gasteiger partial charge on any atom is -0.357 e. The third kappa shape index (κ3) is 3.39. The SMILES string of the molecule is C=Cc1ccc(N(CCC)CCC)nc1. The third-order valence-electron chi connectivity index (χ3n) is 2.32. The smallest absolute Gasteiger partial charge is 0.128 e. The second-order valence-corrected chi connectivity index (χ2v) is 3.64. The summed E-state index contributed by atoms with van der Waals surface area (Å²) in [4.78, 5) is 6.77. The van der Waals surface area contributed by atoms with E-state index < -0.39 is 0 Å². The zero-order chi connectivity index (χ0) is 11.1. The Morgan fingerprint density at radius 3 is 2.33 bits per heavy atom. The maximum Gasteiger partial charge on any atom is 0.128 e. The van der Waals surface area contributed by atoms with Crippen LogP contribution < -0.4 is 4.90 Å². The molecule has 82 valence electrons. The Morgan fingerprint density at radius 2 is 1.93 bits per heavy atom. The molecule has 1 aromatic rings. The predicted molar refractivity (Wildman–Crippen MR) is 67.1 cm³/mol. The van der Waals surface area contributed by atoms with Crippen molar-refractivity contribution in [2.75, 3.05) is 18.0 Å². The normalized spacial score (nSPS) is 10.0. The molecule has 0 aliphatic carbocycles. The van der Waals surface area contributed by atoms with E-state index in [2.05, 4.69) is 42.4 Å². The van der Waals surface area contributed by atoms with Crippen LogP contribution in [0.1, 0.15) is 32.3 Å². The molecule has 2 nitrogen and oxygen atoms in total. The first-order valence-electron chi connectivity index (χ1n) is 5.65. The number of aromatic nitrogens is 1. The Morgan fingerprint density at radius 1 is 1.27 bits per heavy atom. The van der Waals surface area contributed by atoms with Gasteiger partial charge in [-0.05, 0) is 30.5 Å². The molecule has 0 spiro atoms. The fourth-order valence-corrected chi connectivity index (χ4v) is 1.59. The van der Waals surface area contributed by atoms with Crippen molar-refractivity contribution in [3.8, 4) is 0 Å². The zero-order valence-electron chi connectivity index (χ0n) is 9.74. The summed E-state index contributed by atoms with van der Waals surface area (Å²) < 4.78 is 0. The molecule has 15 heavy (non-hydrogen) atoms. The summed E-state index contributed by atoms with van der Waals surface area (Å²) in [6.07, 6.45) is 6.01. The van der Waals surface area contributed by atoms with Gasteiger partial charge < -0.3 is 4.90 Å². The molecule has 1 aromatic heterocycles. The van der Waals surface area contributed by atoms with Crippen LogP contribution in [-0.2, 0) is 0 Å². The van der Waals surface area contributed by atoms with Crippen molar-refractivity contribution in [3.63, 3.8) is 0 Å². The monoisotopic (exact) mass is 204 g/mol. The molecule has 0 bridgehead atoms. The van der Waals surface area contributed by atoms with Crippen molar-refractivity contribution in [2.45, 2.75) is 26.7 Å². The summed E-state index contributed by atoms with van der Waals surface area (Å²) in [7, 11) is 0. The van der Waals surface area contributed by atoms with Crippen molar-refractivity contribution in [3.05, 3.63) is 30.5 Å². The summed E-state index contributed by atoms with van der Waals surface area (Å²) in [5.74, 6) is 1.07. The first kappa shape index (κ1) is 11.8. The summed E-state index contributed by atoms with van der Waals surface area (Å²) in [5.41, 5.74) is 1.08. The Kier molecular flexibility index (Phi) is 4.88. The molecular weight excluding hydrogens is 184 g/mol. The van der Waals surface area contributed by atoms with Crippen LogP contribution in [0.25, 0.3) is 6.08 Å². The van der Waals surface area contributed by atoms with Gasteiger partial charge in [0.1, 0.15) is 5.82 Å². The second kappa shape index (κ2) is 6.23. The van der Waals surface area contributed by atoms with Crippen molar-refractivity contribution >= 4 is 11.9 Å². The summed E-state index contributed by atoms with van der Waals surface area (Å²) in [6, 6.07) is 4.13. The van der Waals surface area contributed by atoms with Crippen LogP contribution in [0.2, 0.25) is 0 Å². The van der Waals surface area contributed by atoms with Crippen LogP contribution in [-0.4, -0.2) is 18.1 Å². The molecule has 0 amide bonds. The number of hydrogen-bond acceptors (Lipinski definition) is 2. The zero-order valence-corrected chi connectivity index (χ0v) is 9.74. The highest BCUT2D eigenvalue weighted by Crippen LogP contribution is 2.12. The van der Waals surface area contributed by atoms with E-state index in [1.165, 1.54) is 0 Å². The summed E-state index contributed by atoms with van der Waals surface area (Å²) in [6.45, 7) is 10.3. The van der Waals surface area contributed by atoms with Crippen LogP contribution in [0, 0.1) is 0 Å². The van der Waals surface area contributed by atoms with E-state index in [0.717, 1.165) is 37.3 Å². The van der Waals surface area contributed by atoms with Gasteiger partial charge in [-0.2, -0.15) is 0 Å². The van der Waals surface area contributed by atoms with E-state index in [9.17, 15) is 0 Å². The van der Waals surface area contributed by atoms with Gasteiger partial charge >= 0.3 is 0 Å². The topological polar surface area (TPSA) is 16.1 Å². The maximum atomic E-state index is 4.44. The van der Waals surface area contributed by atoms with Crippen molar-refractivity contribution in [1.29, 1.82) is 0 Å². The lowest BCUT2D eigenvalue weighted by Crippen LogP contribution is -2.25. The third-order valence-corrected chi connectivity index (χ3v) is 2.32. The van der Waals surface area contributed by atoms with Gasteiger partial charge in [0.15, 0.2) is 0 Å². The molecule has 0 N–H and O–H groups in total. The molecule has 0 saturated carbocycles. The predicted octanol–water partition coefficient (Wildman–Crippen LogP) is 3.35. The molecule has 0 aliphatic rings. The molecule has 0 aromatic carbocycles. The average Bonchev–Trinajstić information content (AvgIpc) is 2.29. The molecule has 0 fully saturated rings. The number of anilines is 1. The van der Waals surface area contributed by atoms with E-state index in [-0.39, 0.29) is 0 Å². The standard InChI is InChI=1S/C13H20N2/c1-4-9-15(10-5-2)13-8-7-12(6-3)11-14-13/h6-8,11H,3-5,9-10H2,1-2H3. The van der Waals surface area contributed by atoms with Crippen molar-refractivity contribution in [1.82, 2.24) is 4.98 Å². The Labute approximate surface area is 92.6 Å². The van der Waals surface area contributed by atoms with E-state index in [1.807, 2.05) is 12.3 Å². The molecule has 1 heterocycles. The highest BCUT2D eigenvalue weighted by atomic mass is 15.2. The van der Waals surface area contributed by atoms with Gasteiger partial charge in [-0.3, -0.25) is 0 Å². The Hall–Kier alpha value is -1.31. The van der Waals surface area contributed by atoms with Crippen LogP contribution >= 0.6 is 0 Å². The van der Waals surface area contributed by atoms with Gasteiger partial charge in [0, 0.05) is 19.3 Å². The van der Waals surface area contributed by atoms with Crippen LogP contribution in [0.15, 0.2) is 24.9 Å². The van der Waals surface area contributed by atoms with Gasteiger partial charge in [-0.15, -0.1) is 0 Å². The van der Waals surface area contributed by atoms with Crippen LogP contribution in [0.3, 0.4) is 0 Å². The lowest BCUT2D eigenvalue weighted by Gasteiger charge is -2.22. The number of rotatable bonds is 6. The fourth-order valence-electron chi connectivity index (χ4n) is 1.59. The van der Waals surface area contributed by atoms with E-state index >= 15 is 0 Å². The van der Waals surface area contributed by atoms with E-state index in [0.29, 0.717) is 0 Å². The highest BCUT2D eigenvalue weighted by molar-refractivity contribution is 5.49. The quantitative estimate of drug-likeness (QED) is 0.706. The van der Waals surface area contributed by atoms with Crippen molar-refractivity contribution < 1.29 is 0 Å². The molecule has 0 atom stereocenters. The lowest BCUT2D eigenvalue weighted by molar-refractivity contribution is 0.734. The molecule has 1 rings (SSSR count). The minimum absolute atomic E-state index is 1.07. The summed E-state index contributed by atoms with van der Waals surface area (Å²) >= 11 is 0. The first-order valence-corrected chi connectivity index (χ1v) is 5.65.